The van der Waals surface area contributed by atoms with Gasteiger partial charge in [-0.3, -0.25) is 10.1 Å². The first-order valence-corrected chi connectivity index (χ1v) is 16.4. The summed E-state index contributed by atoms with van der Waals surface area (Å²) in [6.07, 6.45) is 3.82. The number of nitrogens with zero attached hydrogens (tertiary/aromatic N) is 2. The van der Waals surface area contributed by atoms with Gasteiger partial charge < -0.3 is 23.8 Å². The number of non-ortho nitro benzene ring substituents is 1. The van der Waals surface area contributed by atoms with Crippen molar-refractivity contribution >= 4 is 23.4 Å². The second-order valence-corrected chi connectivity index (χ2v) is 12.8. The monoisotopic (exact) mass is 668 g/mol. The largest absolute Gasteiger partial charge is 0.489 e. The number of hydrogen-bond acceptors (Lipinski definition) is 8. The Hall–Kier alpha value is -6.09. The number of carbonyl (C=O) groups excluding carboxylic acids is 1. The summed E-state index contributed by atoms with van der Waals surface area (Å²) in [7, 11) is 0. The van der Waals surface area contributed by atoms with Gasteiger partial charge in [0.1, 0.15) is 37.1 Å². The molecule has 2 aliphatic heterocycles. The number of hydrogen-bond donors (Lipinski definition) is 0. The number of anilines is 1. The first-order valence-electron chi connectivity index (χ1n) is 16.4. The van der Waals surface area contributed by atoms with Crippen LogP contribution in [0.15, 0.2) is 127 Å². The van der Waals surface area contributed by atoms with Crippen molar-refractivity contribution in [2.24, 2.45) is 0 Å². The van der Waals surface area contributed by atoms with Crippen LogP contribution in [0.2, 0.25) is 0 Å². The van der Waals surface area contributed by atoms with E-state index in [0.717, 1.165) is 22.4 Å². The molecule has 0 fully saturated rings. The average Bonchev–Trinajstić information content (AvgIpc) is 3.32. The summed E-state index contributed by atoms with van der Waals surface area (Å²) >= 11 is 0. The Balaban J connectivity index is 1.11. The highest BCUT2D eigenvalue weighted by atomic mass is 16.6. The van der Waals surface area contributed by atoms with Gasteiger partial charge in [0, 0.05) is 29.4 Å². The lowest BCUT2D eigenvalue weighted by Crippen LogP contribution is -2.60. The van der Waals surface area contributed by atoms with Crippen LogP contribution in [0.4, 0.5) is 11.4 Å². The highest BCUT2D eigenvalue weighted by Crippen LogP contribution is 2.55. The average molecular weight is 669 g/mol. The number of benzene rings is 5. The maximum atomic E-state index is 13.6. The van der Waals surface area contributed by atoms with Gasteiger partial charge in [-0.15, -0.1) is 0 Å². The summed E-state index contributed by atoms with van der Waals surface area (Å²) in [6.45, 7) is 5.25. The molecule has 7 rings (SSSR count). The topological polar surface area (TPSA) is 100 Å². The van der Waals surface area contributed by atoms with E-state index in [1.165, 1.54) is 12.1 Å². The molecule has 252 valence electrons. The summed E-state index contributed by atoms with van der Waals surface area (Å²) in [4.78, 5) is 26.7. The molecule has 1 atom stereocenters. The zero-order chi connectivity index (χ0) is 34.7. The molecule has 0 saturated carbocycles. The van der Waals surface area contributed by atoms with Gasteiger partial charge in [0.15, 0.2) is 0 Å². The number of nitro groups is 1. The van der Waals surface area contributed by atoms with Crippen LogP contribution in [-0.4, -0.2) is 29.8 Å². The van der Waals surface area contributed by atoms with E-state index < -0.39 is 22.0 Å². The van der Waals surface area contributed by atoms with Crippen molar-refractivity contribution in [3.8, 4) is 17.2 Å². The first kappa shape index (κ1) is 32.5. The third kappa shape index (κ3) is 6.25. The molecule has 0 radical (unpaired) electrons. The Morgan fingerprint density at radius 1 is 0.800 bits per heavy atom. The van der Waals surface area contributed by atoms with E-state index >= 15 is 0 Å². The molecule has 50 heavy (non-hydrogen) atoms. The van der Waals surface area contributed by atoms with Crippen LogP contribution < -0.4 is 19.1 Å². The van der Waals surface area contributed by atoms with E-state index in [-0.39, 0.29) is 12.3 Å². The van der Waals surface area contributed by atoms with E-state index in [0.29, 0.717) is 48.1 Å². The standard InChI is InChI=1S/C41H36N2O7/c1-40(2)36-15-9-10-16-37(36)42(41(40)20-19-31-23-33(43(45)46)17-18-38(31)50-41)21-22-47-39(44)32-24-34(48-27-29-11-5-3-6-12-29)26-35(25-32)49-28-30-13-7-4-8-14-30/h3-20,23-26H,21-22,27-28H2,1-2H3. The summed E-state index contributed by atoms with van der Waals surface area (Å²) in [5.74, 6) is 0.995. The third-order valence-corrected chi connectivity index (χ3v) is 9.28. The van der Waals surface area contributed by atoms with Gasteiger partial charge in [0.25, 0.3) is 5.69 Å². The summed E-state index contributed by atoms with van der Waals surface area (Å²) < 4.78 is 24.9. The smallest absolute Gasteiger partial charge is 0.338 e. The quantitative estimate of drug-likeness (QED) is 0.0785. The molecule has 2 aliphatic rings. The van der Waals surface area contributed by atoms with E-state index in [1.807, 2.05) is 91.0 Å². The molecule has 0 saturated heterocycles. The number of esters is 1. The van der Waals surface area contributed by atoms with E-state index in [1.54, 1.807) is 24.3 Å². The lowest BCUT2D eigenvalue weighted by molar-refractivity contribution is -0.384. The van der Waals surface area contributed by atoms with Crippen LogP contribution in [0.5, 0.6) is 17.2 Å². The molecule has 2 heterocycles. The minimum atomic E-state index is -0.976. The second-order valence-electron chi connectivity index (χ2n) is 12.8. The van der Waals surface area contributed by atoms with Crippen molar-refractivity contribution in [2.45, 2.75) is 38.2 Å². The van der Waals surface area contributed by atoms with Gasteiger partial charge in [0.05, 0.1) is 22.4 Å². The van der Waals surface area contributed by atoms with Crippen molar-refractivity contribution in [3.63, 3.8) is 0 Å². The van der Waals surface area contributed by atoms with Crippen molar-refractivity contribution in [1.82, 2.24) is 0 Å². The van der Waals surface area contributed by atoms with Crippen LogP contribution in [0.25, 0.3) is 6.08 Å². The van der Waals surface area contributed by atoms with Gasteiger partial charge >= 0.3 is 5.97 Å². The number of rotatable bonds is 11. The van der Waals surface area contributed by atoms with Crippen molar-refractivity contribution in [2.75, 3.05) is 18.1 Å². The molecule has 5 aromatic rings. The van der Waals surface area contributed by atoms with Crippen LogP contribution in [-0.2, 0) is 23.4 Å². The first-order chi connectivity index (χ1) is 24.2. The molecule has 0 N–H and O–H groups in total. The fraction of sp³-hybridized carbons (Fsp3) is 0.195. The lowest BCUT2D eigenvalue weighted by Gasteiger charge is -2.47. The molecule has 0 aliphatic carbocycles. The van der Waals surface area contributed by atoms with Crippen molar-refractivity contribution in [3.05, 3.63) is 165 Å². The zero-order valence-corrected chi connectivity index (χ0v) is 27.8. The van der Waals surface area contributed by atoms with E-state index in [4.69, 9.17) is 18.9 Å². The molecule has 9 heteroatoms. The van der Waals surface area contributed by atoms with Crippen molar-refractivity contribution in [1.29, 1.82) is 0 Å². The Labute approximate surface area is 290 Å². The number of nitro benzene ring substituents is 1. The Kier molecular flexibility index (Phi) is 8.72. The number of para-hydroxylation sites is 1. The molecule has 1 unspecified atom stereocenters. The molecule has 5 aromatic carbocycles. The highest BCUT2D eigenvalue weighted by molar-refractivity contribution is 5.90. The van der Waals surface area contributed by atoms with Gasteiger partial charge in [-0.1, -0.05) is 78.9 Å². The molecule has 0 aromatic heterocycles. The minimum absolute atomic E-state index is 0.00570. The summed E-state index contributed by atoms with van der Waals surface area (Å²) in [6, 6.07) is 37.3. The SMILES string of the molecule is CC1(C)c2ccccc2N(CCOC(=O)c2cc(OCc3ccccc3)cc(OCc3ccccc3)c2)C12C=Cc1cc([N+](=O)[O-])ccc1O2. The second kappa shape index (κ2) is 13.4. The fourth-order valence-electron chi connectivity index (χ4n) is 6.64. The Bertz CT molecular complexity index is 2000. The van der Waals surface area contributed by atoms with Crippen LogP contribution in [0.3, 0.4) is 0 Å². The molecule has 9 nitrogen and oxygen atoms in total. The Morgan fingerprint density at radius 2 is 1.42 bits per heavy atom. The van der Waals surface area contributed by atoms with Crippen LogP contribution in [0.1, 0.15) is 46.5 Å². The van der Waals surface area contributed by atoms with Crippen LogP contribution in [0, 0.1) is 10.1 Å². The van der Waals surface area contributed by atoms with E-state index in [2.05, 4.69) is 24.8 Å². The molecule has 0 bridgehead atoms. The van der Waals surface area contributed by atoms with Crippen molar-refractivity contribution < 1.29 is 28.7 Å². The number of carbonyl (C=O) groups is 1. The maximum Gasteiger partial charge on any atom is 0.338 e. The maximum absolute atomic E-state index is 13.6. The number of ether oxygens (including phenoxy) is 4. The third-order valence-electron chi connectivity index (χ3n) is 9.28. The normalized spacial score (nSPS) is 16.6. The van der Waals surface area contributed by atoms with Gasteiger partial charge in [-0.05, 0) is 67.0 Å². The summed E-state index contributed by atoms with van der Waals surface area (Å²) in [5.41, 5.74) is 3.44. The molecule has 0 amide bonds. The zero-order valence-electron chi connectivity index (χ0n) is 27.8. The predicted molar refractivity (Wildman–Crippen MR) is 191 cm³/mol. The van der Waals surface area contributed by atoms with Gasteiger partial charge in [0.2, 0.25) is 5.72 Å². The number of fused-ring (bicyclic) bond motifs is 2. The molecular weight excluding hydrogens is 632 g/mol. The molecule has 1 spiro atoms. The summed E-state index contributed by atoms with van der Waals surface area (Å²) in [5, 5.41) is 11.4. The Morgan fingerprint density at radius 3 is 2.06 bits per heavy atom. The van der Waals surface area contributed by atoms with E-state index in [9.17, 15) is 14.9 Å². The highest BCUT2D eigenvalue weighted by Gasteiger charge is 2.58. The van der Waals surface area contributed by atoms with Gasteiger partial charge in [-0.25, -0.2) is 4.79 Å². The predicted octanol–water partition coefficient (Wildman–Crippen LogP) is 8.51. The lowest BCUT2D eigenvalue weighted by atomic mass is 9.76. The molecular formula is C41H36N2O7. The minimum Gasteiger partial charge on any atom is -0.489 e. The fourth-order valence-corrected chi connectivity index (χ4v) is 6.64. The van der Waals surface area contributed by atoms with Crippen LogP contribution >= 0.6 is 0 Å². The van der Waals surface area contributed by atoms with Gasteiger partial charge in [-0.2, -0.15) is 0 Å².